The summed E-state index contributed by atoms with van der Waals surface area (Å²) in [5, 5.41) is 9.10. The molecule has 2 aromatic carbocycles. The van der Waals surface area contributed by atoms with Crippen LogP contribution in [0.1, 0.15) is 38.3 Å². The fourth-order valence-corrected chi connectivity index (χ4v) is 5.07. The Balaban J connectivity index is 1.67. The first kappa shape index (κ1) is 22.0. The van der Waals surface area contributed by atoms with E-state index in [1.807, 2.05) is 55.4 Å². The summed E-state index contributed by atoms with van der Waals surface area (Å²) < 4.78 is 1.77. The van der Waals surface area contributed by atoms with Crippen LogP contribution in [0.3, 0.4) is 0 Å². The molecule has 170 valence electrons. The number of rotatable bonds is 3. The van der Waals surface area contributed by atoms with Crippen LogP contribution in [0.4, 0.5) is 11.6 Å². The number of ketones is 1. The zero-order valence-electron chi connectivity index (χ0n) is 19.0. The summed E-state index contributed by atoms with van der Waals surface area (Å²) >= 11 is 13.0. The summed E-state index contributed by atoms with van der Waals surface area (Å²) in [5.74, 6) is 1.26. The minimum absolute atomic E-state index is 0.0906. The number of nitrogens with one attached hydrogen (secondary N) is 1. The van der Waals surface area contributed by atoms with Crippen molar-refractivity contribution in [2.75, 3.05) is 24.3 Å². The summed E-state index contributed by atoms with van der Waals surface area (Å²) in [7, 11) is 4.00. The first-order valence-corrected chi connectivity index (χ1v) is 11.6. The van der Waals surface area contributed by atoms with Crippen molar-refractivity contribution in [3.05, 3.63) is 69.3 Å². The number of hydrogen-bond donors (Lipinski definition) is 1. The molecule has 33 heavy (non-hydrogen) atoms. The van der Waals surface area contributed by atoms with E-state index in [2.05, 4.69) is 19.2 Å². The third-order valence-corrected chi connectivity index (χ3v) is 7.08. The van der Waals surface area contributed by atoms with E-state index in [0.29, 0.717) is 33.8 Å². The number of hydrogen-bond acceptors (Lipinski definition) is 5. The number of carbonyl (C=O) groups is 1. The summed E-state index contributed by atoms with van der Waals surface area (Å²) in [6.07, 6.45) is 1.20. The van der Waals surface area contributed by atoms with Gasteiger partial charge in [0.1, 0.15) is 6.04 Å². The van der Waals surface area contributed by atoms with Gasteiger partial charge in [-0.15, -0.1) is 5.10 Å². The van der Waals surface area contributed by atoms with Gasteiger partial charge in [0.05, 0.1) is 10.0 Å². The minimum Gasteiger partial charge on any atom is -0.378 e. The Labute approximate surface area is 203 Å². The number of nitrogens with zero attached hydrogens (tertiary/aromatic N) is 4. The molecule has 2 heterocycles. The van der Waals surface area contributed by atoms with Gasteiger partial charge in [0.15, 0.2) is 11.6 Å². The van der Waals surface area contributed by atoms with Crippen LogP contribution in [0.25, 0.3) is 11.4 Å². The molecule has 5 rings (SSSR count). The average Bonchev–Trinajstić information content (AvgIpc) is 3.17. The molecule has 6 nitrogen and oxygen atoms in total. The number of allylic oxidation sites excluding steroid dienone is 2. The Morgan fingerprint density at radius 1 is 1.09 bits per heavy atom. The van der Waals surface area contributed by atoms with Gasteiger partial charge in [-0.25, -0.2) is 4.68 Å². The third-order valence-electron chi connectivity index (χ3n) is 6.25. The lowest BCUT2D eigenvalue weighted by molar-refractivity contribution is -0.118. The molecule has 1 aliphatic carbocycles. The molecule has 2 aliphatic rings. The zero-order chi connectivity index (χ0) is 23.5. The van der Waals surface area contributed by atoms with E-state index < -0.39 is 6.04 Å². The van der Waals surface area contributed by atoms with Crippen LogP contribution in [0.2, 0.25) is 10.0 Å². The maximum atomic E-state index is 13.4. The van der Waals surface area contributed by atoms with Gasteiger partial charge in [-0.2, -0.15) is 4.98 Å². The first-order valence-electron chi connectivity index (χ1n) is 10.9. The number of anilines is 2. The summed E-state index contributed by atoms with van der Waals surface area (Å²) in [5.41, 5.74) is 4.15. The van der Waals surface area contributed by atoms with Gasteiger partial charge in [-0.3, -0.25) is 4.79 Å². The summed E-state index contributed by atoms with van der Waals surface area (Å²) in [6.45, 7) is 4.21. The molecule has 1 atom stereocenters. The van der Waals surface area contributed by atoms with Gasteiger partial charge in [0.25, 0.3) is 0 Å². The second-order valence-electron chi connectivity index (χ2n) is 9.65. The number of aromatic nitrogens is 3. The van der Waals surface area contributed by atoms with E-state index in [1.54, 1.807) is 10.7 Å². The highest BCUT2D eigenvalue weighted by molar-refractivity contribution is 6.42. The maximum Gasteiger partial charge on any atom is 0.226 e. The van der Waals surface area contributed by atoms with Crippen LogP contribution in [0.5, 0.6) is 0 Å². The molecule has 0 saturated carbocycles. The van der Waals surface area contributed by atoms with Gasteiger partial charge in [0.2, 0.25) is 5.95 Å². The van der Waals surface area contributed by atoms with Crippen LogP contribution in [0.15, 0.2) is 53.7 Å². The van der Waals surface area contributed by atoms with Crippen molar-refractivity contribution in [3.8, 4) is 11.4 Å². The first-order chi connectivity index (χ1) is 15.6. The van der Waals surface area contributed by atoms with E-state index in [1.165, 1.54) is 0 Å². The molecule has 1 N–H and O–H groups in total. The smallest absolute Gasteiger partial charge is 0.226 e. The van der Waals surface area contributed by atoms with Crippen molar-refractivity contribution in [3.63, 3.8) is 0 Å². The van der Waals surface area contributed by atoms with E-state index in [4.69, 9.17) is 33.3 Å². The lowest BCUT2D eigenvalue weighted by atomic mass is 9.73. The number of halogens is 2. The van der Waals surface area contributed by atoms with Gasteiger partial charge in [-0.05, 0) is 42.2 Å². The SMILES string of the molecule is CN(C)c1ccc(-c2nc3n(n2)C(c2cccc(Cl)c2Cl)C2=C(CC(C)(C)CC2=O)N3)cc1. The molecular weight excluding hydrogens is 457 g/mol. The molecule has 0 saturated heterocycles. The Bertz CT molecular complexity index is 1290. The predicted molar refractivity (Wildman–Crippen MR) is 133 cm³/mol. The zero-order valence-corrected chi connectivity index (χ0v) is 20.5. The van der Waals surface area contributed by atoms with Crippen molar-refractivity contribution in [2.24, 2.45) is 5.41 Å². The minimum atomic E-state index is -0.492. The highest BCUT2D eigenvalue weighted by atomic mass is 35.5. The molecule has 3 aromatic rings. The quantitative estimate of drug-likeness (QED) is 0.498. The number of fused-ring (bicyclic) bond motifs is 1. The Hall–Kier alpha value is -2.83. The van der Waals surface area contributed by atoms with E-state index in [9.17, 15) is 4.79 Å². The number of carbonyl (C=O) groups excluding carboxylic acids is 1. The molecule has 0 fully saturated rings. The number of Topliss-reactive ketones (excluding diaryl/α,β-unsaturated/α-hetero) is 1. The van der Waals surface area contributed by atoms with Gasteiger partial charge in [0, 0.05) is 48.6 Å². The van der Waals surface area contributed by atoms with Gasteiger partial charge in [-0.1, -0.05) is 49.2 Å². The Morgan fingerprint density at radius 2 is 1.82 bits per heavy atom. The molecule has 0 spiro atoms. The predicted octanol–water partition coefficient (Wildman–Crippen LogP) is 5.98. The fourth-order valence-electron chi connectivity index (χ4n) is 4.66. The second-order valence-corrected chi connectivity index (χ2v) is 10.4. The largest absolute Gasteiger partial charge is 0.378 e. The average molecular weight is 482 g/mol. The van der Waals surface area contributed by atoms with Crippen molar-refractivity contribution in [1.82, 2.24) is 14.8 Å². The van der Waals surface area contributed by atoms with Crippen molar-refractivity contribution >= 4 is 40.6 Å². The van der Waals surface area contributed by atoms with E-state index in [0.717, 1.165) is 28.9 Å². The van der Waals surface area contributed by atoms with E-state index in [-0.39, 0.29) is 11.2 Å². The standard InChI is InChI=1S/C25H25Cl2N5O/c1-25(2)12-18-20(19(33)13-25)22(16-6-5-7-17(26)21(16)27)32-24(28-18)29-23(30-32)14-8-10-15(11-9-14)31(3)4/h5-11,22H,12-13H2,1-4H3,(H,28,29,30). The molecule has 1 aromatic heterocycles. The lowest BCUT2D eigenvalue weighted by Crippen LogP contribution is -2.36. The number of benzene rings is 2. The fraction of sp³-hybridized carbons (Fsp3) is 0.320. The maximum absolute atomic E-state index is 13.4. The molecule has 0 radical (unpaired) electrons. The Morgan fingerprint density at radius 3 is 2.52 bits per heavy atom. The molecule has 0 amide bonds. The van der Waals surface area contributed by atoms with Crippen LogP contribution in [0, 0.1) is 5.41 Å². The summed E-state index contributed by atoms with van der Waals surface area (Å²) in [6, 6.07) is 13.1. The highest BCUT2D eigenvalue weighted by Crippen LogP contribution is 2.47. The monoisotopic (exact) mass is 481 g/mol. The second kappa shape index (κ2) is 7.89. The topological polar surface area (TPSA) is 63.1 Å². The molecule has 1 unspecified atom stereocenters. The van der Waals surface area contributed by atoms with Crippen LogP contribution >= 0.6 is 23.2 Å². The van der Waals surface area contributed by atoms with Crippen molar-refractivity contribution in [2.45, 2.75) is 32.7 Å². The van der Waals surface area contributed by atoms with Crippen molar-refractivity contribution in [1.29, 1.82) is 0 Å². The normalized spacial score (nSPS) is 19.1. The molecular formula is C25H25Cl2N5O. The van der Waals surface area contributed by atoms with Crippen LogP contribution in [-0.4, -0.2) is 34.6 Å². The van der Waals surface area contributed by atoms with Crippen LogP contribution in [-0.2, 0) is 4.79 Å². The lowest BCUT2D eigenvalue weighted by Gasteiger charge is -2.38. The summed E-state index contributed by atoms with van der Waals surface area (Å²) in [4.78, 5) is 20.2. The highest BCUT2D eigenvalue weighted by Gasteiger charge is 2.42. The van der Waals surface area contributed by atoms with Crippen LogP contribution < -0.4 is 10.2 Å². The van der Waals surface area contributed by atoms with Gasteiger partial charge >= 0.3 is 0 Å². The van der Waals surface area contributed by atoms with Crippen molar-refractivity contribution < 1.29 is 4.79 Å². The third kappa shape index (κ3) is 3.81. The molecule has 8 heteroatoms. The van der Waals surface area contributed by atoms with E-state index >= 15 is 0 Å². The van der Waals surface area contributed by atoms with Gasteiger partial charge < -0.3 is 10.2 Å². The molecule has 1 aliphatic heterocycles. The molecule has 0 bridgehead atoms. The Kier molecular flexibility index (Phi) is 5.26.